The van der Waals surface area contributed by atoms with E-state index in [9.17, 15) is 15.5 Å². The molecule has 2 aliphatic rings. The van der Waals surface area contributed by atoms with Crippen LogP contribution in [0.3, 0.4) is 0 Å². The molecule has 1 unspecified atom stereocenters. The summed E-state index contributed by atoms with van der Waals surface area (Å²) in [7, 11) is 0. The summed E-state index contributed by atoms with van der Waals surface area (Å²) in [5.74, 6) is 0.242. The fraction of sp³-hybridized carbons (Fsp3) is 0.550. The van der Waals surface area contributed by atoms with E-state index < -0.39 is 11.7 Å². The molecule has 3 rings (SSSR count). The summed E-state index contributed by atoms with van der Waals surface area (Å²) in [6.07, 6.45) is 3.29. The smallest absolute Gasteiger partial charge is 0.0971 e. The lowest BCUT2D eigenvalue weighted by atomic mass is 9.49. The first-order chi connectivity index (χ1) is 10.7. The predicted molar refractivity (Wildman–Crippen MR) is 89.3 cm³/mol. The van der Waals surface area contributed by atoms with Crippen LogP contribution < -0.4 is 0 Å². The highest BCUT2D eigenvalue weighted by Crippen LogP contribution is 2.60. The van der Waals surface area contributed by atoms with Crippen LogP contribution in [0.25, 0.3) is 0 Å². The fourth-order valence-corrected chi connectivity index (χ4v) is 5.04. The number of rotatable bonds is 1. The first kappa shape index (κ1) is 16.2. The maximum absolute atomic E-state index is 11.3. The Morgan fingerprint density at radius 3 is 2.43 bits per heavy atom. The standard InChI is InChI=1S/C20H25NO2/c1-18(2)16-9-10-20(23,15-7-5-4-6-8-15)13-19(16,3)11-14(12-21)17(18)22/h4-8,11,16-17,22-23H,9-10,13H2,1-3H3/t16-,17?,19+,20-/m0/s1. The van der Waals surface area contributed by atoms with E-state index in [0.717, 1.165) is 12.0 Å². The molecule has 0 amide bonds. The Morgan fingerprint density at radius 1 is 1.17 bits per heavy atom. The summed E-state index contributed by atoms with van der Waals surface area (Å²) >= 11 is 0. The molecule has 1 saturated carbocycles. The fourth-order valence-electron chi connectivity index (χ4n) is 5.04. The third-order valence-corrected chi connectivity index (χ3v) is 6.14. The second kappa shape index (κ2) is 5.19. The Kier molecular flexibility index (Phi) is 3.66. The van der Waals surface area contributed by atoms with Crippen LogP contribution in [0, 0.1) is 28.1 Å². The van der Waals surface area contributed by atoms with E-state index in [1.54, 1.807) is 0 Å². The van der Waals surface area contributed by atoms with Gasteiger partial charge in [0.25, 0.3) is 0 Å². The molecule has 23 heavy (non-hydrogen) atoms. The highest BCUT2D eigenvalue weighted by molar-refractivity contribution is 5.36. The molecule has 0 bridgehead atoms. The van der Waals surface area contributed by atoms with Crippen LogP contribution in [0.5, 0.6) is 0 Å². The van der Waals surface area contributed by atoms with Crippen molar-refractivity contribution in [2.45, 2.75) is 51.7 Å². The van der Waals surface area contributed by atoms with Crippen LogP contribution >= 0.6 is 0 Å². The van der Waals surface area contributed by atoms with Crippen molar-refractivity contribution >= 4 is 0 Å². The maximum Gasteiger partial charge on any atom is 0.0971 e. The van der Waals surface area contributed by atoms with E-state index >= 15 is 0 Å². The third-order valence-electron chi connectivity index (χ3n) is 6.14. The molecule has 0 saturated heterocycles. The van der Waals surface area contributed by atoms with E-state index in [2.05, 4.69) is 13.0 Å². The van der Waals surface area contributed by atoms with Gasteiger partial charge < -0.3 is 10.2 Å². The van der Waals surface area contributed by atoms with Crippen LogP contribution in [-0.4, -0.2) is 16.3 Å². The number of aliphatic hydroxyl groups excluding tert-OH is 1. The number of aliphatic hydroxyl groups is 2. The van der Waals surface area contributed by atoms with Crippen LogP contribution in [0.2, 0.25) is 0 Å². The van der Waals surface area contributed by atoms with E-state index in [4.69, 9.17) is 0 Å². The van der Waals surface area contributed by atoms with Gasteiger partial charge in [-0.1, -0.05) is 57.2 Å². The lowest BCUT2D eigenvalue weighted by Gasteiger charge is -2.56. The molecule has 4 atom stereocenters. The largest absolute Gasteiger partial charge is 0.387 e. The van der Waals surface area contributed by atoms with Crippen LogP contribution in [0.1, 0.15) is 45.6 Å². The molecule has 122 valence electrons. The Labute approximate surface area is 138 Å². The van der Waals surface area contributed by atoms with Gasteiger partial charge in [0.1, 0.15) is 0 Å². The average Bonchev–Trinajstić information content (AvgIpc) is 2.51. The van der Waals surface area contributed by atoms with Gasteiger partial charge in [-0.15, -0.1) is 0 Å². The van der Waals surface area contributed by atoms with E-state index in [0.29, 0.717) is 18.4 Å². The molecule has 0 aromatic heterocycles. The first-order valence-electron chi connectivity index (χ1n) is 8.32. The van der Waals surface area contributed by atoms with Gasteiger partial charge in [0.2, 0.25) is 0 Å². The van der Waals surface area contributed by atoms with Crippen molar-refractivity contribution in [3.63, 3.8) is 0 Å². The van der Waals surface area contributed by atoms with Gasteiger partial charge in [-0.2, -0.15) is 5.26 Å². The molecule has 0 spiro atoms. The molecule has 2 N–H and O–H groups in total. The molecule has 0 aliphatic heterocycles. The monoisotopic (exact) mass is 311 g/mol. The average molecular weight is 311 g/mol. The van der Waals surface area contributed by atoms with Gasteiger partial charge >= 0.3 is 0 Å². The zero-order chi connectivity index (χ0) is 16.9. The minimum absolute atomic E-state index is 0.242. The second-order valence-electron chi connectivity index (χ2n) is 8.11. The molecular weight excluding hydrogens is 286 g/mol. The van der Waals surface area contributed by atoms with Gasteiger partial charge in [0.15, 0.2) is 0 Å². The molecule has 3 heteroatoms. The second-order valence-corrected chi connectivity index (χ2v) is 8.11. The van der Waals surface area contributed by atoms with Crippen molar-refractivity contribution in [2.24, 2.45) is 16.7 Å². The summed E-state index contributed by atoms with van der Waals surface area (Å²) in [6.45, 7) is 6.20. The Bertz CT molecular complexity index is 673. The van der Waals surface area contributed by atoms with Crippen LogP contribution in [0.15, 0.2) is 42.0 Å². The van der Waals surface area contributed by atoms with Crippen molar-refractivity contribution in [1.29, 1.82) is 5.26 Å². The van der Waals surface area contributed by atoms with Crippen molar-refractivity contribution in [3.8, 4) is 6.07 Å². The molecule has 0 radical (unpaired) electrons. The number of fused-ring (bicyclic) bond motifs is 1. The number of hydrogen-bond acceptors (Lipinski definition) is 3. The van der Waals surface area contributed by atoms with Crippen molar-refractivity contribution in [2.75, 3.05) is 0 Å². The minimum Gasteiger partial charge on any atom is -0.387 e. The van der Waals surface area contributed by atoms with Crippen molar-refractivity contribution < 1.29 is 10.2 Å². The SMILES string of the molecule is CC1(C)C(O)C(C#N)=C[C@]2(C)C[C@](O)(c3ccccc3)CC[C@@H]12. The summed E-state index contributed by atoms with van der Waals surface area (Å²) in [6, 6.07) is 12.0. The lowest BCUT2D eigenvalue weighted by molar-refractivity contribution is -0.115. The van der Waals surface area contributed by atoms with E-state index in [1.807, 2.05) is 50.3 Å². The van der Waals surface area contributed by atoms with Gasteiger partial charge in [-0.25, -0.2) is 0 Å². The number of nitriles is 1. The van der Waals surface area contributed by atoms with Gasteiger partial charge in [-0.3, -0.25) is 0 Å². The lowest BCUT2D eigenvalue weighted by Crippen LogP contribution is -2.54. The van der Waals surface area contributed by atoms with Crippen molar-refractivity contribution in [3.05, 3.63) is 47.5 Å². The van der Waals surface area contributed by atoms with Crippen molar-refractivity contribution in [1.82, 2.24) is 0 Å². The normalized spacial score (nSPS) is 39.0. The number of allylic oxidation sites excluding steroid dienone is 1. The number of nitrogens with zero attached hydrogens (tertiary/aromatic N) is 1. The molecule has 0 heterocycles. The zero-order valence-corrected chi connectivity index (χ0v) is 14.1. The number of benzene rings is 1. The van der Waals surface area contributed by atoms with E-state index in [1.165, 1.54) is 0 Å². The molecule has 1 fully saturated rings. The highest BCUT2D eigenvalue weighted by atomic mass is 16.3. The molecule has 3 nitrogen and oxygen atoms in total. The summed E-state index contributed by atoms with van der Waals surface area (Å²) < 4.78 is 0. The summed E-state index contributed by atoms with van der Waals surface area (Å²) in [5.41, 5.74) is -0.160. The topological polar surface area (TPSA) is 64.2 Å². The maximum atomic E-state index is 11.3. The Morgan fingerprint density at radius 2 is 1.83 bits per heavy atom. The van der Waals surface area contributed by atoms with Crippen LogP contribution in [0.4, 0.5) is 0 Å². The van der Waals surface area contributed by atoms with Gasteiger partial charge in [0, 0.05) is 0 Å². The van der Waals surface area contributed by atoms with Gasteiger partial charge in [0.05, 0.1) is 23.3 Å². The quantitative estimate of drug-likeness (QED) is 0.834. The Hall–Kier alpha value is -1.63. The molecular formula is C20H25NO2. The van der Waals surface area contributed by atoms with Gasteiger partial charge in [-0.05, 0) is 41.6 Å². The third kappa shape index (κ3) is 2.41. The first-order valence-corrected chi connectivity index (χ1v) is 8.32. The highest BCUT2D eigenvalue weighted by Gasteiger charge is 2.56. The summed E-state index contributed by atoms with van der Waals surface area (Å²) in [5, 5.41) is 31.2. The molecule has 1 aromatic rings. The zero-order valence-electron chi connectivity index (χ0n) is 14.1. The Balaban J connectivity index is 2.04. The minimum atomic E-state index is -0.873. The predicted octanol–water partition coefficient (Wildman–Crippen LogP) is 3.53. The number of hydrogen-bond donors (Lipinski definition) is 2. The molecule has 1 aromatic carbocycles. The van der Waals surface area contributed by atoms with E-state index in [-0.39, 0.29) is 16.7 Å². The van der Waals surface area contributed by atoms with Crippen LogP contribution in [-0.2, 0) is 5.60 Å². The summed E-state index contributed by atoms with van der Waals surface area (Å²) in [4.78, 5) is 0. The molecule has 2 aliphatic carbocycles.